The second-order valence-corrected chi connectivity index (χ2v) is 6.51. The van der Waals surface area contributed by atoms with E-state index in [9.17, 15) is 9.59 Å². The molecular formula is C21H45N3O4. The molecule has 0 radical (unpaired) electrons. The van der Waals surface area contributed by atoms with Crippen LogP contribution in [0.1, 0.15) is 79.6 Å². The maximum Gasteiger partial charge on any atom is 0.292 e. The lowest BCUT2D eigenvalue weighted by molar-refractivity contribution is -0.138. The van der Waals surface area contributed by atoms with Gasteiger partial charge in [-0.05, 0) is 38.6 Å². The number of hydrogen-bond donors (Lipinski definition) is 2. The Morgan fingerprint density at radius 1 is 1.25 bits per heavy atom. The van der Waals surface area contributed by atoms with Gasteiger partial charge in [-0.3, -0.25) is 14.4 Å². The Balaban J connectivity index is -0.000000675. The standard InChI is InChI=1S/C16H30N2O2.C2H4O2.C2H6.CH5N/c1-4-5-11-17-16(20)14-9-7-12-18(14)15(19)10-6-8-13(2)3;1-4-2-3;2*1-2/h13-14H,4-12H2,1-3H3,(H,17,20);2H,1H3;1-2H3;2H2,1H3. The van der Waals surface area contributed by atoms with Gasteiger partial charge >= 0.3 is 0 Å². The average Bonchev–Trinajstić information content (AvgIpc) is 3.21. The SMILES string of the molecule is CC.CCCCNC(=O)C1CCCN1C(=O)CCCC(C)C.CN.COC=O. The molecule has 1 aliphatic heterocycles. The van der Waals surface area contributed by atoms with Crippen LogP contribution < -0.4 is 11.1 Å². The van der Waals surface area contributed by atoms with Crippen LogP contribution in [0.4, 0.5) is 0 Å². The zero-order valence-corrected chi connectivity index (χ0v) is 19.3. The summed E-state index contributed by atoms with van der Waals surface area (Å²) in [4.78, 5) is 35.1. The van der Waals surface area contributed by atoms with Crippen LogP contribution in [0.15, 0.2) is 0 Å². The van der Waals surface area contributed by atoms with Crippen molar-refractivity contribution in [3.63, 3.8) is 0 Å². The highest BCUT2D eigenvalue weighted by Crippen LogP contribution is 2.19. The van der Waals surface area contributed by atoms with E-state index in [1.807, 2.05) is 13.8 Å². The van der Waals surface area contributed by atoms with Gasteiger partial charge in [0.05, 0.1) is 7.11 Å². The Labute approximate surface area is 172 Å². The summed E-state index contributed by atoms with van der Waals surface area (Å²) in [6.07, 6.45) is 6.42. The molecule has 0 bridgehead atoms. The highest BCUT2D eigenvalue weighted by molar-refractivity contribution is 5.88. The molecule has 1 fully saturated rings. The minimum Gasteiger partial charge on any atom is -0.471 e. The Hall–Kier alpha value is -1.63. The molecule has 3 N–H and O–H groups in total. The predicted octanol–water partition coefficient (Wildman–Crippen LogP) is 3.11. The molecule has 1 heterocycles. The van der Waals surface area contributed by atoms with Gasteiger partial charge in [-0.15, -0.1) is 0 Å². The molecule has 0 spiro atoms. The van der Waals surface area contributed by atoms with E-state index in [-0.39, 0.29) is 17.9 Å². The topological polar surface area (TPSA) is 102 Å². The van der Waals surface area contributed by atoms with E-state index in [4.69, 9.17) is 4.79 Å². The number of ether oxygens (including phenoxy) is 1. The highest BCUT2D eigenvalue weighted by atomic mass is 16.5. The van der Waals surface area contributed by atoms with Crippen molar-refractivity contribution in [3.05, 3.63) is 0 Å². The molecule has 0 saturated carbocycles. The van der Waals surface area contributed by atoms with Crippen LogP contribution in [-0.4, -0.2) is 56.5 Å². The number of rotatable bonds is 9. The van der Waals surface area contributed by atoms with Crippen LogP contribution in [0.25, 0.3) is 0 Å². The summed E-state index contributed by atoms with van der Waals surface area (Å²) in [7, 11) is 2.81. The van der Waals surface area contributed by atoms with Crippen molar-refractivity contribution in [1.29, 1.82) is 0 Å². The van der Waals surface area contributed by atoms with Gasteiger partial charge in [0.1, 0.15) is 6.04 Å². The second kappa shape index (κ2) is 23.4. The molecule has 7 nitrogen and oxygen atoms in total. The van der Waals surface area contributed by atoms with E-state index < -0.39 is 0 Å². The third-order valence-corrected chi connectivity index (χ3v) is 3.97. The lowest BCUT2D eigenvalue weighted by Crippen LogP contribution is -2.46. The summed E-state index contributed by atoms with van der Waals surface area (Å²) in [5, 5.41) is 2.95. The summed E-state index contributed by atoms with van der Waals surface area (Å²) >= 11 is 0. The van der Waals surface area contributed by atoms with Gasteiger partial charge in [0.15, 0.2) is 0 Å². The van der Waals surface area contributed by atoms with Crippen LogP contribution in [-0.2, 0) is 19.1 Å². The minimum absolute atomic E-state index is 0.0353. The van der Waals surface area contributed by atoms with Crippen LogP contribution in [0.3, 0.4) is 0 Å². The Morgan fingerprint density at radius 2 is 1.82 bits per heavy atom. The van der Waals surface area contributed by atoms with Crippen LogP contribution >= 0.6 is 0 Å². The molecule has 1 aliphatic rings. The summed E-state index contributed by atoms with van der Waals surface area (Å²) in [6.45, 7) is 12.3. The van der Waals surface area contributed by atoms with Crippen LogP contribution in [0, 0.1) is 5.92 Å². The first kappa shape index (κ1) is 31.1. The first-order chi connectivity index (χ1) is 13.5. The maximum absolute atomic E-state index is 12.2. The van der Waals surface area contributed by atoms with Gasteiger partial charge < -0.3 is 20.7 Å². The Bertz CT molecular complexity index is 377. The Kier molecular flexibility index (Phi) is 26.0. The van der Waals surface area contributed by atoms with Gasteiger partial charge in [0.25, 0.3) is 6.47 Å². The molecule has 1 unspecified atom stereocenters. The molecule has 0 aromatic carbocycles. The number of nitrogens with zero attached hydrogens (tertiary/aromatic N) is 1. The van der Waals surface area contributed by atoms with Crippen LogP contribution in [0.5, 0.6) is 0 Å². The molecule has 168 valence electrons. The van der Waals surface area contributed by atoms with Crippen molar-refractivity contribution in [3.8, 4) is 0 Å². The quantitative estimate of drug-likeness (QED) is 0.455. The summed E-state index contributed by atoms with van der Waals surface area (Å²) < 4.78 is 3.86. The van der Waals surface area contributed by atoms with E-state index in [1.54, 1.807) is 4.90 Å². The summed E-state index contributed by atoms with van der Waals surface area (Å²) in [6, 6.07) is -0.224. The van der Waals surface area contributed by atoms with Crippen molar-refractivity contribution in [2.75, 3.05) is 27.2 Å². The average molecular weight is 404 g/mol. The summed E-state index contributed by atoms with van der Waals surface area (Å²) in [5.74, 6) is 0.821. The third kappa shape index (κ3) is 16.5. The molecule has 7 heteroatoms. The number of carbonyl (C=O) groups is 3. The van der Waals surface area contributed by atoms with E-state index in [0.29, 0.717) is 18.8 Å². The largest absolute Gasteiger partial charge is 0.471 e. The molecule has 1 saturated heterocycles. The predicted molar refractivity (Wildman–Crippen MR) is 116 cm³/mol. The maximum atomic E-state index is 12.2. The molecule has 1 atom stereocenters. The lowest BCUT2D eigenvalue weighted by atomic mass is 10.1. The highest BCUT2D eigenvalue weighted by Gasteiger charge is 2.33. The van der Waals surface area contributed by atoms with Crippen molar-refractivity contribution < 1.29 is 19.1 Å². The molecule has 0 aliphatic carbocycles. The fourth-order valence-electron chi connectivity index (χ4n) is 2.65. The molecule has 2 amide bonds. The number of likely N-dealkylation sites (tertiary alicyclic amines) is 1. The van der Waals surface area contributed by atoms with Crippen LogP contribution in [0.2, 0.25) is 0 Å². The number of unbranched alkanes of at least 4 members (excludes halogenated alkanes) is 1. The Morgan fingerprint density at radius 3 is 2.29 bits per heavy atom. The molecule has 0 aromatic heterocycles. The van der Waals surface area contributed by atoms with E-state index >= 15 is 0 Å². The number of methoxy groups -OCH3 is 1. The number of nitrogens with one attached hydrogen (secondary N) is 1. The zero-order valence-electron chi connectivity index (χ0n) is 19.3. The normalized spacial score (nSPS) is 14.5. The molecule has 0 aromatic rings. The second-order valence-electron chi connectivity index (χ2n) is 6.51. The van der Waals surface area contributed by atoms with E-state index in [0.717, 1.165) is 51.6 Å². The smallest absolute Gasteiger partial charge is 0.292 e. The van der Waals surface area contributed by atoms with Gasteiger partial charge in [-0.25, -0.2) is 0 Å². The van der Waals surface area contributed by atoms with Crippen molar-refractivity contribution in [1.82, 2.24) is 10.2 Å². The van der Waals surface area contributed by atoms with Gasteiger partial charge in [0, 0.05) is 19.5 Å². The molecule has 1 rings (SSSR count). The lowest BCUT2D eigenvalue weighted by Gasteiger charge is -2.24. The van der Waals surface area contributed by atoms with Gasteiger partial charge in [0.2, 0.25) is 11.8 Å². The number of amides is 2. The monoisotopic (exact) mass is 403 g/mol. The van der Waals surface area contributed by atoms with Crippen molar-refractivity contribution >= 4 is 18.3 Å². The zero-order chi connectivity index (χ0) is 22.4. The fraction of sp³-hybridized carbons (Fsp3) is 0.857. The van der Waals surface area contributed by atoms with E-state index in [1.165, 1.54) is 14.2 Å². The van der Waals surface area contributed by atoms with E-state index in [2.05, 4.69) is 36.6 Å². The fourth-order valence-corrected chi connectivity index (χ4v) is 2.65. The van der Waals surface area contributed by atoms with Crippen molar-refractivity contribution in [2.45, 2.75) is 85.6 Å². The van der Waals surface area contributed by atoms with Crippen molar-refractivity contribution in [2.24, 2.45) is 11.7 Å². The van der Waals surface area contributed by atoms with Gasteiger partial charge in [-0.2, -0.15) is 0 Å². The third-order valence-electron chi connectivity index (χ3n) is 3.97. The van der Waals surface area contributed by atoms with Gasteiger partial charge in [-0.1, -0.05) is 47.5 Å². The first-order valence-corrected chi connectivity index (χ1v) is 10.6. The molecular weight excluding hydrogens is 358 g/mol. The minimum atomic E-state index is -0.224. The first-order valence-electron chi connectivity index (χ1n) is 10.6. The number of nitrogens with two attached hydrogens (primary N) is 1. The number of hydrogen-bond acceptors (Lipinski definition) is 5. The molecule has 28 heavy (non-hydrogen) atoms. The number of carbonyl (C=O) groups excluding carboxylic acids is 3. The summed E-state index contributed by atoms with van der Waals surface area (Å²) in [5.41, 5.74) is 4.50.